The van der Waals surface area contributed by atoms with E-state index in [1.165, 1.54) is 27.0 Å². The molecule has 0 saturated heterocycles. The van der Waals surface area contributed by atoms with Gasteiger partial charge in [0.05, 0.1) is 33.3 Å². The standard InChI is InChI=1S/C31H37N3O4S4.C21H26N2O5S4/c1-31(2,3)38-30(37)32-27(29(36)34(21-25-11-7-17-41-25)22-26-12-8-18-42-26)13-4-14-28(35)33(19-23-9-5-15-39-23)20-24-10-6-16-40-24;1-28-19-9-5-8-18(16-19)17-23(32(26,27)21-11-7-15-30-21)13-4-2-3-12-22-31(24,25)20-10-6-14-29-20/h5-12,15-18,27H,4,13-14,19-22H2,1-3H3,(H,32,37);5-11,14-16,22H,2-4,12-13,17H2,1H3/t27-;/m0./s1. The van der Waals surface area contributed by atoms with Crippen molar-refractivity contribution in [3.8, 4) is 5.75 Å². The molecule has 7 rings (SSSR count). The molecule has 0 spiro atoms. The molecule has 1 atom stereocenters. The quantitative estimate of drug-likeness (QED) is 0.0476. The summed E-state index contributed by atoms with van der Waals surface area (Å²) >= 11 is 8.81. The average Bonchev–Trinajstić information content (AvgIpc) is 4.22. The molecule has 0 unspecified atom stereocenters. The third-order valence-electron chi connectivity index (χ3n) is 11.0. The Hall–Kier alpha value is -4.75. The van der Waals surface area contributed by atoms with Crippen LogP contribution in [0.4, 0.5) is 4.79 Å². The lowest BCUT2D eigenvalue weighted by Gasteiger charge is -2.29. The number of nitrogens with zero attached hydrogens (tertiary/aromatic N) is 3. The van der Waals surface area contributed by atoms with Crippen LogP contribution in [-0.4, -0.2) is 80.7 Å². The number of rotatable bonds is 27. The molecule has 0 saturated carbocycles. The van der Waals surface area contributed by atoms with Gasteiger partial charge in [0.1, 0.15) is 25.8 Å². The van der Waals surface area contributed by atoms with E-state index >= 15 is 0 Å². The van der Waals surface area contributed by atoms with Gasteiger partial charge in [0.15, 0.2) is 0 Å². The van der Waals surface area contributed by atoms with Crippen molar-refractivity contribution in [1.29, 1.82) is 0 Å². The summed E-state index contributed by atoms with van der Waals surface area (Å²) in [5.41, 5.74) is 0.138. The molecule has 2 N–H and O–H groups in total. The highest BCUT2D eigenvalue weighted by Crippen LogP contribution is 2.26. The van der Waals surface area contributed by atoms with E-state index in [-0.39, 0.29) is 24.8 Å². The molecule has 0 aliphatic carbocycles. The summed E-state index contributed by atoms with van der Waals surface area (Å²) in [5.74, 6) is 0.507. The molecule has 0 fully saturated rings. The molecule has 22 heteroatoms. The number of unbranched alkanes of at least 4 members (excludes halogenated alkanes) is 2. The predicted molar refractivity (Wildman–Crippen MR) is 301 cm³/mol. The number of carbonyl (C=O) groups is 3. The fourth-order valence-electron chi connectivity index (χ4n) is 7.43. The van der Waals surface area contributed by atoms with Gasteiger partial charge in [-0.1, -0.05) is 55.0 Å². The Morgan fingerprint density at radius 3 is 1.64 bits per heavy atom. The van der Waals surface area contributed by atoms with Crippen LogP contribution in [0.1, 0.15) is 84.4 Å². The maximum atomic E-state index is 14.0. The van der Waals surface area contributed by atoms with Gasteiger partial charge in [-0.15, -0.1) is 68.0 Å². The largest absolute Gasteiger partial charge is 0.497 e. The van der Waals surface area contributed by atoms with Gasteiger partial charge in [0, 0.05) is 45.6 Å². The average molecular weight is 1160 g/mol. The second-order valence-corrected chi connectivity index (χ2v) is 28.0. The third kappa shape index (κ3) is 19.1. The van der Waals surface area contributed by atoms with Crippen LogP contribution in [0.3, 0.4) is 0 Å². The fourth-order valence-corrected chi connectivity index (χ4v) is 15.0. The summed E-state index contributed by atoms with van der Waals surface area (Å²) in [4.78, 5) is 48.3. The number of nitrogens with one attached hydrogen (secondary N) is 2. The van der Waals surface area contributed by atoms with E-state index in [2.05, 4.69) is 10.0 Å². The molecule has 6 heterocycles. The van der Waals surface area contributed by atoms with Crippen LogP contribution in [0.2, 0.25) is 0 Å². The SMILES string of the molecule is CC(C)(C)OC(=O)N[C@@H](CCCC(=O)N(Cc1cccs1)Cc1cccs1)C(=O)N(Cc1cccs1)Cc1cccs1.COc1cccc(CN(CCCCCNS(=O)(=O)c2cccs2)S(=O)(=O)c2cccs2)c1. The van der Waals surface area contributed by atoms with Crippen LogP contribution in [0.25, 0.3) is 0 Å². The molecule has 7 aromatic rings. The van der Waals surface area contributed by atoms with E-state index in [1.54, 1.807) is 113 Å². The summed E-state index contributed by atoms with van der Waals surface area (Å²) in [6.45, 7) is 8.23. The number of amides is 3. The first-order valence-corrected chi connectivity index (χ1v) is 32.0. The first-order valence-electron chi connectivity index (χ1n) is 23.8. The number of hydrogen-bond donors (Lipinski definition) is 2. The number of sulfonamides is 2. The smallest absolute Gasteiger partial charge is 0.408 e. The zero-order valence-corrected chi connectivity index (χ0v) is 48.3. The van der Waals surface area contributed by atoms with Crippen molar-refractivity contribution in [2.75, 3.05) is 20.2 Å². The van der Waals surface area contributed by atoms with Crippen molar-refractivity contribution < 1.29 is 40.7 Å². The van der Waals surface area contributed by atoms with Gasteiger partial charge in [0.2, 0.25) is 21.8 Å². The van der Waals surface area contributed by atoms with Crippen LogP contribution in [0, 0.1) is 0 Å². The van der Waals surface area contributed by atoms with E-state index in [0.29, 0.717) is 85.5 Å². The van der Waals surface area contributed by atoms with Gasteiger partial charge in [-0.05, 0) is 133 Å². The van der Waals surface area contributed by atoms with Crippen LogP contribution in [0.5, 0.6) is 5.75 Å². The molecule has 3 amide bonds. The summed E-state index contributed by atoms with van der Waals surface area (Å²) in [7, 11) is -5.51. The summed E-state index contributed by atoms with van der Waals surface area (Å²) in [6.07, 6.45) is 2.33. The lowest BCUT2D eigenvalue weighted by atomic mass is 10.1. The van der Waals surface area contributed by atoms with E-state index in [0.717, 1.165) is 25.1 Å². The van der Waals surface area contributed by atoms with Crippen molar-refractivity contribution in [3.63, 3.8) is 0 Å². The number of benzene rings is 1. The Bertz CT molecular complexity index is 2870. The molecule has 398 valence electrons. The van der Waals surface area contributed by atoms with Crippen LogP contribution >= 0.6 is 68.0 Å². The lowest BCUT2D eigenvalue weighted by Crippen LogP contribution is -2.49. The number of methoxy groups -OCH3 is 1. The molecule has 74 heavy (non-hydrogen) atoms. The summed E-state index contributed by atoms with van der Waals surface area (Å²) < 4.78 is 66.0. The topological polar surface area (TPSA) is 172 Å². The highest BCUT2D eigenvalue weighted by atomic mass is 32.3. The Kier molecular flexibility index (Phi) is 22.9. The number of ether oxygens (including phenoxy) is 2. The van der Waals surface area contributed by atoms with Crippen molar-refractivity contribution in [1.82, 2.24) is 24.1 Å². The first-order chi connectivity index (χ1) is 35.5. The number of carbonyl (C=O) groups excluding carboxylic acids is 3. The normalized spacial score (nSPS) is 12.2. The van der Waals surface area contributed by atoms with Gasteiger partial charge < -0.3 is 24.6 Å². The van der Waals surface area contributed by atoms with Gasteiger partial charge in [-0.25, -0.2) is 26.4 Å². The highest BCUT2D eigenvalue weighted by Gasteiger charge is 2.30. The summed E-state index contributed by atoms with van der Waals surface area (Å²) in [6, 6.07) is 29.1. The van der Waals surface area contributed by atoms with E-state index in [4.69, 9.17) is 9.47 Å². The monoisotopic (exact) mass is 1160 g/mol. The van der Waals surface area contributed by atoms with Gasteiger partial charge in [-0.3, -0.25) is 9.59 Å². The lowest BCUT2D eigenvalue weighted by molar-refractivity contribution is -0.136. The molecule has 0 radical (unpaired) electrons. The molecular formula is C52H63N5O9S8. The van der Waals surface area contributed by atoms with Crippen molar-refractivity contribution in [3.05, 3.63) is 154 Å². The minimum atomic E-state index is -3.62. The Balaban J connectivity index is 0.000000250. The molecule has 1 aromatic carbocycles. The first kappa shape index (κ1) is 58.5. The second-order valence-electron chi connectivity index (χ2n) is 17.9. The zero-order chi connectivity index (χ0) is 53.0. The second kappa shape index (κ2) is 29.0. The number of thiophene rings is 6. The van der Waals surface area contributed by atoms with Crippen molar-refractivity contribution in [2.45, 2.75) is 112 Å². The summed E-state index contributed by atoms with van der Waals surface area (Å²) in [5, 5.41) is 14.3. The van der Waals surface area contributed by atoms with E-state index in [1.807, 2.05) is 99.2 Å². The van der Waals surface area contributed by atoms with E-state index < -0.39 is 37.8 Å². The highest BCUT2D eigenvalue weighted by molar-refractivity contribution is 7.91. The number of alkyl carbamates (subject to hydrolysis) is 1. The zero-order valence-electron chi connectivity index (χ0n) is 41.8. The van der Waals surface area contributed by atoms with Gasteiger partial charge in [0.25, 0.3) is 10.0 Å². The minimum absolute atomic E-state index is 0.0225. The maximum absolute atomic E-state index is 14.0. The van der Waals surface area contributed by atoms with E-state index in [9.17, 15) is 31.2 Å². The molecular weight excluding hydrogens is 1100 g/mol. The van der Waals surface area contributed by atoms with Crippen LogP contribution in [0.15, 0.2) is 138 Å². The molecule has 0 aliphatic heterocycles. The van der Waals surface area contributed by atoms with Gasteiger partial charge >= 0.3 is 6.09 Å². The molecule has 0 aliphatic rings. The molecule has 0 bridgehead atoms. The minimum Gasteiger partial charge on any atom is -0.497 e. The predicted octanol–water partition coefficient (Wildman–Crippen LogP) is 11.9. The Labute approximate surface area is 459 Å². The van der Waals surface area contributed by atoms with Gasteiger partial charge in [-0.2, -0.15) is 4.31 Å². The van der Waals surface area contributed by atoms with Crippen LogP contribution < -0.4 is 14.8 Å². The molecule has 6 aromatic heterocycles. The van der Waals surface area contributed by atoms with Crippen LogP contribution in [-0.2, 0) is 67.1 Å². The van der Waals surface area contributed by atoms with Crippen molar-refractivity contribution in [2.24, 2.45) is 0 Å². The fraction of sp³-hybridized carbons (Fsp3) is 0.365. The Morgan fingerprint density at radius 2 is 1.14 bits per heavy atom. The number of hydrogen-bond acceptors (Lipinski definition) is 15. The maximum Gasteiger partial charge on any atom is 0.408 e. The Morgan fingerprint density at radius 1 is 0.608 bits per heavy atom. The third-order valence-corrected chi connectivity index (χ3v) is 20.5. The molecule has 14 nitrogen and oxygen atoms in total. The van der Waals surface area contributed by atoms with Crippen molar-refractivity contribution >= 4 is 106 Å².